The number of carbonyl (C=O) groups is 2. The summed E-state index contributed by atoms with van der Waals surface area (Å²) >= 11 is 0. The van der Waals surface area contributed by atoms with E-state index < -0.39 is 17.9 Å². The number of amides is 1. The molecule has 1 unspecified atom stereocenters. The first-order valence-corrected chi connectivity index (χ1v) is 6.91. The zero-order valence-electron chi connectivity index (χ0n) is 11.2. The number of para-hydroxylation sites is 1. The number of hydrogen-bond donors (Lipinski definition) is 3. The smallest absolute Gasteiger partial charge is 0.326 e. The van der Waals surface area contributed by atoms with Crippen LogP contribution in [0.3, 0.4) is 0 Å². The molecule has 1 atom stereocenters. The Labute approximate surface area is 117 Å². The summed E-state index contributed by atoms with van der Waals surface area (Å²) in [5, 5.41) is 21.5. The molecule has 20 heavy (non-hydrogen) atoms. The van der Waals surface area contributed by atoms with Gasteiger partial charge in [-0.05, 0) is 30.9 Å². The summed E-state index contributed by atoms with van der Waals surface area (Å²) in [6.07, 6.45) is 4.76. The van der Waals surface area contributed by atoms with Crippen molar-refractivity contribution in [2.45, 2.75) is 38.1 Å². The highest BCUT2D eigenvalue weighted by Gasteiger charge is 2.31. The molecule has 5 nitrogen and oxygen atoms in total. The summed E-state index contributed by atoms with van der Waals surface area (Å²) in [7, 11) is 0. The molecule has 1 amide bonds. The van der Waals surface area contributed by atoms with Crippen molar-refractivity contribution in [3.63, 3.8) is 0 Å². The summed E-state index contributed by atoms with van der Waals surface area (Å²) in [6.45, 7) is 0. The maximum Gasteiger partial charge on any atom is 0.326 e. The molecule has 0 aliphatic heterocycles. The first-order valence-electron chi connectivity index (χ1n) is 6.91. The van der Waals surface area contributed by atoms with Crippen LogP contribution in [0.25, 0.3) is 0 Å². The van der Waals surface area contributed by atoms with Crippen LogP contribution >= 0.6 is 0 Å². The lowest BCUT2D eigenvalue weighted by atomic mass is 9.84. The molecule has 3 N–H and O–H groups in total. The SMILES string of the molecule is O=C(NC(C(=O)O)C1CCCCC1)c1ccccc1O. The molecule has 1 aromatic carbocycles. The van der Waals surface area contributed by atoms with Gasteiger partial charge < -0.3 is 15.5 Å². The minimum absolute atomic E-state index is 0.0314. The van der Waals surface area contributed by atoms with E-state index in [1.807, 2.05) is 0 Å². The monoisotopic (exact) mass is 277 g/mol. The lowest BCUT2D eigenvalue weighted by molar-refractivity contribution is -0.141. The zero-order chi connectivity index (χ0) is 14.5. The molecule has 2 rings (SSSR count). The minimum Gasteiger partial charge on any atom is -0.507 e. The molecular weight excluding hydrogens is 258 g/mol. The lowest BCUT2D eigenvalue weighted by Crippen LogP contribution is -2.46. The van der Waals surface area contributed by atoms with Gasteiger partial charge in [0.05, 0.1) is 5.56 Å². The quantitative estimate of drug-likeness (QED) is 0.787. The third-order valence-corrected chi connectivity index (χ3v) is 3.82. The second-order valence-corrected chi connectivity index (χ2v) is 5.20. The topological polar surface area (TPSA) is 86.6 Å². The van der Waals surface area contributed by atoms with Gasteiger partial charge in [-0.2, -0.15) is 0 Å². The number of benzene rings is 1. The van der Waals surface area contributed by atoms with Gasteiger partial charge in [-0.15, -0.1) is 0 Å². The number of phenolic OH excluding ortho intramolecular Hbond substituents is 1. The maximum atomic E-state index is 12.1. The standard InChI is InChI=1S/C15H19NO4/c17-12-9-5-4-8-11(12)14(18)16-13(15(19)20)10-6-2-1-3-7-10/h4-5,8-10,13,17H,1-3,6-7H2,(H,16,18)(H,19,20). The van der Waals surface area contributed by atoms with Crippen molar-refractivity contribution < 1.29 is 19.8 Å². The van der Waals surface area contributed by atoms with Crippen LogP contribution in [0.15, 0.2) is 24.3 Å². The molecule has 1 aliphatic rings. The van der Waals surface area contributed by atoms with Crippen LogP contribution < -0.4 is 5.32 Å². The molecule has 5 heteroatoms. The van der Waals surface area contributed by atoms with Crippen LogP contribution in [-0.2, 0) is 4.79 Å². The number of rotatable bonds is 4. The maximum absolute atomic E-state index is 12.1. The Balaban J connectivity index is 2.10. The van der Waals surface area contributed by atoms with Gasteiger partial charge in [-0.1, -0.05) is 31.4 Å². The van der Waals surface area contributed by atoms with Gasteiger partial charge in [0.15, 0.2) is 0 Å². The normalized spacial score (nSPS) is 17.4. The van der Waals surface area contributed by atoms with Gasteiger partial charge in [-0.3, -0.25) is 4.79 Å². The summed E-state index contributed by atoms with van der Waals surface area (Å²) < 4.78 is 0. The van der Waals surface area contributed by atoms with Gasteiger partial charge in [0.1, 0.15) is 11.8 Å². The Morgan fingerprint density at radius 1 is 1.15 bits per heavy atom. The molecule has 1 saturated carbocycles. The second-order valence-electron chi connectivity index (χ2n) is 5.20. The van der Waals surface area contributed by atoms with Gasteiger partial charge in [-0.25, -0.2) is 4.79 Å². The van der Waals surface area contributed by atoms with Crippen LogP contribution in [-0.4, -0.2) is 28.1 Å². The third-order valence-electron chi connectivity index (χ3n) is 3.82. The molecule has 0 heterocycles. The van der Waals surface area contributed by atoms with E-state index in [1.165, 1.54) is 12.1 Å². The van der Waals surface area contributed by atoms with Crippen molar-refractivity contribution in [1.82, 2.24) is 5.32 Å². The largest absolute Gasteiger partial charge is 0.507 e. The molecule has 1 aliphatic carbocycles. The summed E-state index contributed by atoms with van der Waals surface area (Å²) in [5.41, 5.74) is 0.106. The third kappa shape index (κ3) is 3.29. The highest BCUT2D eigenvalue weighted by Crippen LogP contribution is 2.27. The van der Waals surface area contributed by atoms with E-state index in [9.17, 15) is 19.8 Å². The molecule has 0 radical (unpaired) electrons. The van der Waals surface area contributed by atoms with E-state index in [1.54, 1.807) is 12.1 Å². The molecule has 0 aromatic heterocycles. The predicted octanol–water partition coefficient (Wildman–Crippen LogP) is 2.16. The first kappa shape index (κ1) is 14.4. The van der Waals surface area contributed by atoms with E-state index in [0.29, 0.717) is 0 Å². The molecule has 1 aromatic rings. The van der Waals surface area contributed by atoms with Crippen LogP contribution in [0.5, 0.6) is 5.75 Å². The Kier molecular flexibility index (Phi) is 4.61. The second kappa shape index (κ2) is 6.41. The van der Waals surface area contributed by atoms with E-state index in [4.69, 9.17) is 0 Å². The number of carboxylic acid groups (broad SMARTS) is 1. The minimum atomic E-state index is -1.01. The Morgan fingerprint density at radius 2 is 1.80 bits per heavy atom. The van der Waals surface area contributed by atoms with Crippen molar-refractivity contribution in [2.24, 2.45) is 5.92 Å². The zero-order valence-corrected chi connectivity index (χ0v) is 11.2. The fraction of sp³-hybridized carbons (Fsp3) is 0.467. The Morgan fingerprint density at radius 3 is 2.40 bits per heavy atom. The van der Waals surface area contributed by atoms with Crippen molar-refractivity contribution >= 4 is 11.9 Å². The van der Waals surface area contributed by atoms with Crippen molar-refractivity contribution in [3.8, 4) is 5.75 Å². The van der Waals surface area contributed by atoms with Crippen LogP contribution in [0, 0.1) is 5.92 Å². The molecular formula is C15H19NO4. The Bertz CT molecular complexity index is 494. The molecule has 0 saturated heterocycles. The predicted molar refractivity (Wildman–Crippen MR) is 73.6 cm³/mol. The molecule has 108 valence electrons. The summed E-state index contributed by atoms with van der Waals surface area (Å²) in [6, 6.07) is 5.24. The highest BCUT2D eigenvalue weighted by molar-refractivity contribution is 5.98. The van der Waals surface area contributed by atoms with E-state index in [-0.39, 0.29) is 17.2 Å². The van der Waals surface area contributed by atoms with Crippen molar-refractivity contribution in [3.05, 3.63) is 29.8 Å². The van der Waals surface area contributed by atoms with Gasteiger partial charge in [0.2, 0.25) is 0 Å². The summed E-state index contributed by atoms with van der Waals surface area (Å²) in [4.78, 5) is 23.5. The van der Waals surface area contributed by atoms with E-state index >= 15 is 0 Å². The molecule has 0 bridgehead atoms. The first-order chi connectivity index (χ1) is 9.59. The van der Waals surface area contributed by atoms with Crippen LogP contribution in [0.1, 0.15) is 42.5 Å². The van der Waals surface area contributed by atoms with Crippen LogP contribution in [0.4, 0.5) is 0 Å². The fourth-order valence-electron chi connectivity index (χ4n) is 2.73. The number of hydrogen-bond acceptors (Lipinski definition) is 3. The number of carbonyl (C=O) groups excluding carboxylic acids is 1. The number of phenols is 1. The number of nitrogens with one attached hydrogen (secondary N) is 1. The number of aliphatic carboxylic acids is 1. The number of carboxylic acids is 1. The average Bonchev–Trinajstić information content (AvgIpc) is 2.45. The van der Waals surface area contributed by atoms with Crippen molar-refractivity contribution in [2.75, 3.05) is 0 Å². The van der Waals surface area contributed by atoms with E-state index in [0.717, 1.165) is 32.1 Å². The van der Waals surface area contributed by atoms with Gasteiger partial charge in [0.25, 0.3) is 5.91 Å². The van der Waals surface area contributed by atoms with Gasteiger partial charge >= 0.3 is 5.97 Å². The average molecular weight is 277 g/mol. The van der Waals surface area contributed by atoms with Crippen LogP contribution in [0.2, 0.25) is 0 Å². The summed E-state index contributed by atoms with van der Waals surface area (Å²) in [5.74, 6) is -1.73. The van der Waals surface area contributed by atoms with Gasteiger partial charge in [0, 0.05) is 0 Å². The van der Waals surface area contributed by atoms with Crippen molar-refractivity contribution in [1.29, 1.82) is 0 Å². The molecule has 0 spiro atoms. The highest BCUT2D eigenvalue weighted by atomic mass is 16.4. The van der Waals surface area contributed by atoms with E-state index in [2.05, 4.69) is 5.32 Å². The fourth-order valence-corrected chi connectivity index (χ4v) is 2.73. The Hall–Kier alpha value is -2.04. The lowest BCUT2D eigenvalue weighted by Gasteiger charge is -2.28. The number of aromatic hydroxyl groups is 1. The molecule has 1 fully saturated rings.